The molecule has 0 N–H and O–H groups in total. The van der Waals surface area contributed by atoms with Crippen LogP contribution in [0.15, 0.2) is 36.4 Å². The van der Waals surface area contributed by atoms with Gasteiger partial charge in [-0.25, -0.2) is 4.98 Å². The predicted molar refractivity (Wildman–Crippen MR) is 72.4 cm³/mol. The van der Waals surface area contributed by atoms with Crippen LogP contribution in [0.2, 0.25) is 5.15 Å². The van der Waals surface area contributed by atoms with Crippen LogP contribution in [0.1, 0.15) is 24.0 Å². The quantitative estimate of drug-likeness (QED) is 0.746. The Labute approximate surface area is 112 Å². The molecule has 0 aliphatic heterocycles. The summed E-state index contributed by atoms with van der Waals surface area (Å²) in [6.07, 6.45) is 4.90. The number of ether oxygens (including phenoxy) is 1. The molecule has 2 nitrogen and oxygen atoms in total. The Balaban J connectivity index is 1.85. The Kier molecular flexibility index (Phi) is 3.20. The molecule has 0 spiro atoms. The fourth-order valence-corrected chi connectivity index (χ4v) is 2.50. The average Bonchev–Trinajstić information content (AvgIpc) is 2.39. The highest BCUT2D eigenvalue weighted by atomic mass is 35.5. The minimum atomic E-state index is 0.450. The van der Waals surface area contributed by atoms with Crippen LogP contribution in [0.5, 0.6) is 11.6 Å². The van der Waals surface area contributed by atoms with E-state index in [1.807, 2.05) is 18.2 Å². The first-order valence-electron chi connectivity index (χ1n) is 6.23. The number of pyridine rings is 1. The van der Waals surface area contributed by atoms with Gasteiger partial charge in [0.05, 0.1) is 0 Å². The summed E-state index contributed by atoms with van der Waals surface area (Å²) in [7, 11) is 0. The summed E-state index contributed by atoms with van der Waals surface area (Å²) >= 11 is 5.84. The number of hydrogen-bond donors (Lipinski definition) is 0. The summed E-state index contributed by atoms with van der Waals surface area (Å²) < 4.78 is 5.73. The van der Waals surface area contributed by atoms with Gasteiger partial charge in [-0.15, -0.1) is 0 Å². The summed E-state index contributed by atoms with van der Waals surface area (Å²) in [4.78, 5) is 4.12. The standard InChI is InChI=1S/C15H14ClNO/c16-14-6-3-7-15(17-14)18-13-9-8-11-4-1-2-5-12(11)10-13/h3,6-10H,1-2,4-5H2. The highest BCUT2D eigenvalue weighted by Gasteiger charge is 2.10. The third kappa shape index (κ3) is 2.49. The van der Waals surface area contributed by atoms with E-state index in [0.29, 0.717) is 11.0 Å². The molecule has 0 fully saturated rings. The molecule has 1 aromatic heterocycles. The predicted octanol–water partition coefficient (Wildman–Crippen LogP) is 4.41. The summed E-state index contributed by atoms with van der Waals surface area (Å²) in [6, 6.07) is 11.7. The SMILES string of the molecule is Clc1cccc(Oc2ccc3c(c2)CCCC3)n1. The lowest BCUT2D eigenvalue weighted by Gasteiger charge is -2.16. The first-order chi connectivity index (χ1) is 8.81. The van der Waals surface area contributed by atoms with Gasteiger partial charge in [0.25, 0.3) is 0 Å². The van der Waals surface area contributed by atoms with E-state index >= 15 is 0 Å². The number of aryl methyl sites for hydroxylation is 2. The molecule has 0 bridgehead atoms. The van der Waals surface area contributed by atoms with Gasteiger partial charge in [0.15, 0.2) is 0 Å². The molecule has 3 heteroatoms. The van der Waals surface area contributed by atoms with Crippen LogP contribution in [0.25, 0.3) is 0 Å². The minimum absolute atomic E-state index is 0.450. The zero-order chi connectivity index (χ0) is 12.4. The van der Waals surface area contributed by atoms with Crippen LogP contribution in [0.3, 0.4) is 0 Å². The molecule has 0 saturated carbocycles. The first-order valence-corrected chi connectivity index (χ1v) is 6.61. The van der Waals surface area contributed by atoms with E-state index in [4.69, 9.17) is 16.3 Å². The molecule has 1 aliphatic rings. The van der Waals surface area contributed by atoms with Crippen LogP contribution in [-0.2, 0) is 12.8 Å². The molecule has 0 unspecified atom stereocenters. The second-order valence-corrected chi connectivity index (χ2v) is 4.93. The number of fused-ring (bicyclic) bond motifs is 1. The van der Waals surface area contributed by atoms with Gasteiger partial charge >= 0.3 is 0 Å². The third-order valence-corrected chi connectivity index (χ3v) is 3.44. The van der Waals surface area contributed by atoms with Crippen molar-refractivity contribution in [2.24, 2.45) is 0 Å². The molecule has 3 rings (SSSR count). The van der Waals surface area contributed by atoms with Crippen LogP contribution >= 0.6 is 11.6 Å². The van der Waals surface area contributed by atoms with Crippen LogP contribution in [0, 0.1) is 0 Å². The molecule has 2 aromatic rings. The second kappa shape index (κ2) is 4.99. The molecule has 0 amide bonds. The Morgan fingerprint density at radius 3 is 2.67 bits per heavy atom. The lowest BCUT2D eigenvalue weighted by molar-refractivity contribution is 0.461. The number of halogens is 1. The highest BCUT2D eigenvalue weighted by molar-refractivity contribution is 6.29. The number of hydrogen-bond acceptors (Lipinski definition) is 2. The van der Waals surface area contributed by atoms with E-state index in [0.717, 1.165) is 12.2 Å². The smallest absolute Gasteiger partial charge is 0.220 e. The normalized spacial score (nSPS) is 14.1. The maximum absolute atomic E-state index is 5.84. The van der Waals surface area contributed by atoms with Crippen molar-refractivity contribution in [3.05, 3.63) is 52.7 Å². The summed E-state index contributed by atoms with van der Waals surface area (Å²) in [6.45, 7) is 0. The number of benzene rings is 1. The van der Waals surface area contributed by atoms with Crippen molar-refractivity contribution in [2.75, 3.05) is 0 Å². The fraction of sp³-hybridized carbons (Fsp3) is 0.267. The maximum atomic E-state index is 5.84. The molecule has 1 aliphatic carbocycles. The Morgan fingerprint density at radius 1 is 1.00 bits per heavy atom. The molecule has 92 valence electrons. The lowest BCUT2D eigenvalue weighted by Crippen LogP contribution is -2.02. The zero-order valence-electron chi connectivity index (χ0n) is 10.0. The van der Waals surface area contributed by atoms with Gasteiger partial charge in [0.2, 0.25) is 5.88 Å². The van der Waals surface area contributed by atoms with E-state index < -0.39 is 0 Å². The molecular weight excluding hydrogens is 246 g/mol. The van der Waals surface area contributed by atoms with Gasteiger partial charge < -0.3 is 4.74 Å². The number of aromatic nitrogens is 1. The van der Waals surface area contributed by atoms with Gasteiger partial charge in [0.1, 0.15) is 10.9 Å². The Morgan fingerprint density at radius 2 is 1.83 bits per heavy atom. The molecule has 0 radical (unpaired) electrons. The molecule has 0 saturated heterocycles. The van der Waals surface area contributed by atoms with E-state index in [1.165, 1.54) is 30.4 Å². The van der Waals surface area contributed by atoms with E-state index in [1.54, 1.807) is 6.07 Å². The number of rotatable bonds is 2. The van der Waals surface area contributed by atoms with Crippen molar-refractivity contribution < 1.29 is 4.74 Å². The van der Waals surface area contributed by atoms with E-state index in [-0.39, 0.29) is 0 Å². The molecule has 1 aromatic carbocycles. The van der Waals surface area contributed by atoms with Gasteiger partial charge in [-0.05, 0) is 55.0 Å². The minimum Gasteiger partial charge on any atom is -0.439 e. The van der Waals surface area contributed by atoms with Crippen LogP contribution in [-0.4, -0.2) is 4.98 Å². The van der Waals surface area contributed by atoms with Gasteiger partial charge in [0, 0.05) is 6.07 Å². The second-order valence-electron chi connectivity index (χ2n) is 4.54. The van der Waals surface area contributed by atoms with E-state index in [9.17, 15) is 0 Å². The molecule has 18 heavy (non-hydrogen) atoms. The number of nitrogens with zero attached hydrogens (tertiary/aromatic N) is 1. The fourth-order valence-electron chi connectivity index (χ4n) is 2.34. The van der Waals surface area contributed by atoms with E-state index in [2.05, 4.69) is 17.1 Å². The summed E-state index contributed by atoms with van der Waals surface area (Å²) in [5.74, 6) is 1.38. The molecule has 0 atom stereocenters. The Bertz CT molecular complexity index is 568. The molecular formula is C15H14ClNO. The van der Waals surface area contributed by atoms with Gasteiger partial charge in [-0.1, -0.05) is 23.7 Å². The van der Waals surface area contributed by atoms with Crippen molar-refractivity contribution in [1.29, 1.82) is 0 Å². The maximum Gasteiger partial charge on any atom is 0.220 e. The lowest BCUT2D eigenvalue weighted by atomic mass is 9.92. The highest BCUT2D eigenvalue weighted by Crippen LogP contribution is 2.28. The van der Waals surface area contributed by atoms with Crippen molar-refractivity contribution in [3.8, 4) is 11.6 Å². The molecule has 1 heterocycles. The van der Waals surface area contributed by atoms with Crippen LogP contribution < -0.4 is 4.74 Å². The first kappa shape index (κ1) is 11.5. The van der Waals surface area contributed by atoms with Crippen molar-refractivity contribution in [3.63, 3.8) is 0 Å². The van der Waals surface area contributed by atoms with Crippen molar-refractivity contribution >= 4 is 11.6 Å². The van der Waals surface area contributed by atoms with Crippen LogP contribution in [0.4, 0.5) is 0 Å². The average molecular weight is 260 g/mol. The van der Waals surface area contributed by atoms with Crippen molar-refractivity contribution in [1.82, 2.24) is 4.98 Å². The monoisotopic (exact) mass is 259 g/mol. The van der Waals surface area contributed by atoms with Crippen molar-refractivity contribution in [2.45, 2.75) is 25.7 Å². The van der Waals surface area contributed by atoms with Gasteiger partial charge in [-0.2, -0.15) is 0 Å². The summed E-state index contributed by atoms with van der Waals surface area (Å²) in [5.41, 5.74) is 2.86. The third-order valence-electron chi connectivity index (χ3n) is 3.23. The summed E-state index contributed by atoms with van der Waals surface area (Å²) in [5, 5.41) is 0.450. The zero-order valence-corrected chi connectivity index (χ0v) is 10.8. The van der Waals surface area contributed by atoms with Gasteiger partial charge in [-0.3, -0.25) is 0 Å². The topological polar surface area (TPSA) is 22.1 Å². The Hall–Kier alpha value is -1.54. The largest absolute Gasteiger partial charge is 0.439 e.